The van der Waals surface area contributed by atoms with E-state index in [9.17, 15) is 17.6 Å². The van der Waals surface area contributed by atoms with Crippen molar-refractivity contribution in [3.8, 4) is 5.75 Å². The Labute approximate surface area is 152 Å². The molecule has 0 spiro atoms. The van der Waals surface area contributed by atoms with Gasteiger partial charge >= 0.3 is 0 Å². The number of halogens is 1. The maximum atomic E-state index is 13.0. The molecule has 0 saturated carbocycles. The van der Waals surface area contributed by atoms with Crippen LogP contribution in [-0.4, -0.2) is 34.2 Å². The van der Waals surface area contributed by atoms with E-state index in [1.165, 1.54) is 19.2 Å². The number of nitrogens with zero attached hydrogens (tertiary/aromatic N) is 1. The van der Waals surface area contributed by atoms with Crippen molar-refractivity contribution in [3.05, 3.63) is 59.9 Å². The number of benzene rings is 2. The molecule has 0 aliphatic carbocycles. The van der Waals surface area contributed by atoms with Gasteiger partial charge in [0, 0.05) is 0 Å². The molecule has 2 aromatic carbocycles. The number of sulfonamides is 1. The molecule has 8 heteroatoms. The molecule has 0 aliphatic rings. The molecule has 0 saturated heterocycles. The average Bonchev–Trinajstić information content (AvgIpc) is 2.59. The van der Waals surface area contributed by atoms with Crippen LogP contribution < -0.4 is 14.4 Å². The van der Waals surface area contributed by atoms with Gasteiger partial charge in [-0.2, -0.15) is 0 Å². The normalized spacial score (nSPS) is 12.3. The summed E-state index contributed by atoms with van der Waals surface area (Å²) in [5, 5.41) is 2.72. The van der Waals surface area contributed by atoms with Crippen molar-refractivity contribution in [2.45, 2.75) is 13.0 Å². The minimum absolute atomic E-state index is 0.280. The third-order valence-corrected chi connectivity index (χ3v) is 4.92. The number of para-hydroxylation sites is 2. The second kappa shape index (κ2) is 8.18. The first-order valence-electron chi connectivity index (χ1n) is 7.88. The maximum Gasteiger partial charge on any atom is 0.241 e. The van der Waals surface area contributed by atoms with Crippen molar-refractivity contribution in [1.29, 1.82) is 0 Å². The molecule has 140 valence electrons. The van der Waals surface area contributed by atoms with Crippen LogP contribution in [0.1, 0.15) is 18.5 Å². The Morgan fingerprint density at radius 1 is 1.19 bits per heavy atom. The number of hydrogen-bond donors (Lipinski definition) is 1. The van der Waals surface area contributed by atoms with E-state index < -0.39 is 28.5 Å². The van der Waals surface area contributed by atoms with Crippen LogP contribution in [0.4, 0.5) is 10.1 Å². The van der Waals surface area contributed by atoms with Crippen LogP contribution in [0.2, 0.25) is 0 Å². The van der Waals surface area contributed by atoms with Gasteiger partial charge in [0.15, 0.2) is 0 Å². The summed E-state index contributed by atoms with van der Waals surface area (Å²) in [5.41, 5.74) is 0.991. The van der Waals surface area contributed by atoms with Crippen molar-refractivity contribution in [2.24, 2.45) is 0 Å². The number of carbonyl (C=O) groups is 1. The quantitative estimate of drug-likeness (QED) is 0.801. The monoisotopic (exact) mass is 380 g/mol. The highest BCUT2D eigenvalue weighted by molar-refractivity contribution is 7.92. The number of ether oxygens (including phenoxy) is 1. The van der Waals surface area contributed by atoms with Gasteiger partial charge in [0.1, 0.15) is 18.1 Å². The molecule has 26 heavy (non-hydrogen) atoms. The smallest absolute Gasteiger partial charge is 0.241 e. The van der Waals surface area contributed by atoms with Crippen LogP contribution in [0.25, 0.3) is 0 Å². The average molecular weight is 380 g/mol. The van der Waals surface area contributed by atoms with Gasteiger partial charge in [-0.25, -0.2) is 12.8 Å². The van der Waals surface area contributed by atoms with Gasteiger partial charge in [0.05, 0.1) is 25.1 Å². The predicted molar refractivity (Wildman–Crippen MR) is 98.1 cm³/mol. The molecule has 6 nitrogen and oxygen atoms in total. The number of anilines is 1. The molecule has 0 aliphatic heterocycles. The number of rotatable bonds is 7. The standard InChI is InChI=1S/C18H21FN2O4S/c1-13(14-8-10-15(19)11-9-14)20-18(22)12-21(26(3,23)24)16-6-4-5-7-17(16)25-2/h4-11,13H,12H2,1-3H3,(H,20,22)/t13-/m1/s1. The zero-order valence-corrected chi connectivity index (χ0v) is 15.6. The Kier molecular flexibility index (Phi) is 6.20. The first kappa shape index (κ1) is 19.7. The van der Waals surface area contributed by atoms with E-state index in [-0.39, 0.29) is 11.5 Å². The maximum absolute atomic E-state index is 13.0. The van der Waals surface area contributed by atoms with Crippen molar-refractivity contribution in [3.63, 3.8) is 0 Å². The molecule has 1 amide bonds. The highest BCUT2D eigenvalue weighted by atomic mass is 32.2. The van der Waals surface area contributed by atoms with Crippen LogP contribution in [0.5, 0.6) is 5.75 Å². The van der Waals surface area contributed by atoms with Gasteiger partial charge in [0.25, 0.3) is 0 Å². The highest BCUT2D eigenvalue weighted by Crippen LogP contribution is 2.29. The Hall–Kier alpha value is -2.61. The van der Waals surface area contributed by atoms with Gasteiger partial charge in [-0.15, -0.1) is 0 Å². The molecule has 1 atom stereocenters. The lowest BCUT2D eigenvalue weighted by molar-refractivity contribution is -0.120. The molecule has 0 heterocycles. The molecular weight excluding hydrogens is 359 g/mol. The first-order chi connectivity index (χ1) is 12.2. The summed E-state index contributed by atoms with van der Waals surface area (Å²) in [6, 6.07) is 11.9. The zero-order chi connectivity index (χ0) is 19.3. The molecule has 0 fully saturated rings. The molecule has 0 bridgehead atoms. The summed E-state index contributed by atoms with van der Waals surface area (Å²) in [6.07, 6.45) is 1.02. The topological polar surface area (TPSA) is 75.7 Å². The molecular formula is C18H21FN2O4S. The fraction of sp³-hybridized carbons (Fsp3) is 0.278. The Morgan fingerprint density at radius 2 is 1.81 bits per heavy atom. The second-order valence-electron chi connectivity index (χ2n) is 5.78. The van der Waals surface area contributed by atoms with Crippen molar-refractivity contribution < 1.29 is 22.3 Å². The fourth-order valence-electron chi connectivity index (χ4n) is 2.47. The summed E-state index contributed by atoms with van der Waals surface area (Å²) in [6.45, 7) is 1.34. The minimum atomic E-state index is -3.71. The molecule has 1 N–H and O–H groups in total. The lowest BCUT2D eigenvalue weighted by Crippen LogP contribution is -2.41. The van der Waals surface area contributed by atoms with Crippen molar-refractivity contribution in [2.75, 3.05) is 24.2 Å². The van der Waals surface area contributed by atoms with E-state index in [4.69, 9.17) is 4.74 Å². The number of amides is 1. The van der Waals surface area contributed by atoms with E-state index in [1.54, 1.807) is 43.3 Å². The fourth-order valence-corrected chi connectivity index (χ4v) is 3.33. The molecule has 0 radical (unpaired) electrons. The predicted octanol–water partition coefficient (Wildman–Crippen LogP) is 2.48. The van der Waals surface area contributed by atoms with Crippen LogP contribution in [0.15, 0.2) is 48.5 Å². The third kappa shape index (κ3) is 4.95. The van der Waals surface area contributed by atoms with Gasteiger partial charge in [-0.1, -0.05) is 24.3 Å². The number of nitrogens with one attached hydrogen (secondary N) is 1. The van der Waals surface area contributed by atoms with Gasteiger partial charge < -0.3 is 10.1 Å². The summed E-state index contributed by atoms with van der Waals surface area (Å²) in [7, 11) is -2.28. The summed E-state index contributed by atoms with van der Waals surface area (Å²) in [4.78, 5) is 12.4. The largest absolute Gasteiger partial charge is 0.495 e. The summed E-state index contributed by atoms with van der Waals surface area (Å²) < 4.78 is 43.5. The van der Waals surface area contributed by atoms with Crippen LogP contribution >= 0.6 is 0 Å². The van der Waals surface area contributed by atoms with Gasteiger partial charge in [-0.05, 0) is 36.8 Å². The van der Waals surface area contributed by atoms with Crippen LogP contribution in [-0.2, 0) is 14.8 Å². The Balaban J connectivity index is 2.18. The molecule has 2 rings (SSSR count). The summed E-state index contributed by atoms with van der Waals surface area (Å²) >= 11 is 0. The van der Waals surface area contributed by atoms with Crippen molar-refractivity contribution >= 4 is 21.6 Å². The first-order valence-corrected chi connectivity index (χ1v) is 9.72. The zero-order valence-electron chi connectivity index (χ0n) is 14.8. The van der Waals surface area contributed by atoms with E-state index in [0.29, 0.717) is 11.3 Å². The van der Waals surface area contributed by atoms with E-state index in [1.807, 2.05) is 0 Å². The van der Waals surface area contributed by atoms with E-state index >= 15 is 0 Å². The third-order valence-electron chi connectivity index (χ3n) is 3.79. The minimum Gasteiger partial charge on any atom is -0.495 e. The van der Waals surface area contributed by atoms with Gasteiger partial charge in [-0.3, -0.25) is 9.10 Å². The summed E-state index contributed by atoms with van der Waals surface area (Å²) in [5.74, 6) is -0.512. The number of methoxy groups -OCH3 is 1. The lowest BCUT2D eigenvalue weighted by Gasteiger charge is -2.24. The van der Waals surface area contributed by atoms with E-state index in [0.717, 1.165) is 10.6 Å². The van der Waals surface area contributed by atoms with Crippen LogP contribution in [0, 0.1) is 5.82 Å². The number of hydrogen-bond acceptors (Lipinski definition) is 4. The molecule has 0 unspecified atom stereocenters. The van der Waals surface area contributed by atoms with Crippen LogP contribution in [0.3, 0.4) is 0 Å². The lowest BCUT2D eigenvalue weighted by atomic mass is 10.1. The Morgan fingerprint density at radius 3 is 2.38 bits per heavy atom. The van der Waals surface area contributed by atoms with E-state index in [2.05, 4.69) is 5.32 Å². The molecule has 0 aromatic heterocycles. The highest BCUT2D eigenvalue weighted by Gasteiger charge is 2.24. The van der Waals surface area contributed by atoms with Gasteiger partial charge in [0.2, 0.25) is 15.9 Å². The van der Waals surface area contributed by atoms with Crippen molar-refractivity contribution in [1.82, 2.24) is 5.32 Å². The molecule has 2 aromatic rings. The second-order valence-corrected chi connectivity index (χ2v) is 7.69. The Bertz CT molecular complexity index is 869. The number of carbonyl (C=O) groups excluding carboxylic acids is 1. The SMILES string of the molecule is COc1ccccc1N(CC(=O)N[C@H](C)c1ccc(F)cc1)S(C)(=O)=O.